The summed E-state index contributed by atoms with van der Waals surface area (Å²) in [5.74, 6) is 0.561. The first-order valence-corrected chi connectivity index (χ1v) is 10.9. The molecule has 5 rings (SSSR count). The molecule has 1 saturated heterocycles. The van der Waals surface area contributed by atoms with Gasteiger partial charge in [-0.3, -0.25) is 4.90 Å². The van der Waals surface area contributed by atoms with Gasteiger partial charge in [0.25, 0.3) is 0 Å². The van der Waals surface area contributed by atoms with Crippen LogP contribution in [-0.2, 0) is 4.74 Å². The number of carbonyl (C=O) groups excluding carboxylic acids is 1. The quantitative estimate of drug-likeness (QED) is 0.519. The second-order valence-electron chi connectivity index (χ2n) is 8.59. The summed E-state index contributed by atoms with van der Waals surface area (Å²) in [5.41, 5.74) is 1.66. The van der Waals surface area contributed by atoms with E-state index in [9.17, 15) is 4.79 Å². The highest BCUT2D eigenvalue weighted by Gasteiger charge is 2.50. The fourth-order valence-corrected chi connectivity index (χ4v) is 4.57. The minimum Gasteiger partial charge on any atom is -0.441 e. The summed E-state index contributed by atoms with van der Waals surface area (Å²) in [6.07, 6.45) is 7.12. The van der Waals surface area contributed by atoms with E-state index in [-0.39, 0.29) is 12.1 Å². The minimum atomic E-state index is -0.462. The van der Waals surface area contributed by atoms with Crippen LogP contribution >= 0.6 is 0 Å². The number of amides is 1. The Labute approximate surface area is 183 Å². The molecule has 162 valence electrons. The van der Waals surface area contributed by atoms with E-state index < -0.39 is 5.60 Å². The first-order chi connectivity index (χ1) is 15.1. The molecule has 2 aromatic carbocycles. The van der Waals surface area contributed by atoms with Gasteiger partial charge in [-0.15, -0.1) is 10.2 Å². The number of carbonyl (C=O) groups is 1. The zero-order chi connectivity index (χ0) is 21.7. The zero-order valence-corrected chi connectivity index (χ0v) is 18.1. The third kappa shape index (κ3) is 4.79. The van der Waals surface area contributed by atoms with Crippen molar-refractivity contribution < 1.29 is 13.9 Å². The fraction of sp³-hybridized carbons (Fsp3) is 0.400. The molecule has 1 atom stereocenters. The number of aromatic nitrogens is 2. The molecule has 2 fully saturated rings. The normalized spacial score (nSPS) is 20.6. The van der Waals surface area contributed by atoms with Gasteiger partial charge in [-0.2, -0.15) is 0 Å². The van der Waals surface area contributed by atoms with Crippen LogP contribution in [0.5, 0.6) is 0 Å². The summed E-state index contributed by atoms with van der Waals surface area (Å²) < 4.78 is 10.7. The van der Waals surface area contributed by atoms with E-state index in [4.69, 9.17) is 9.15 Å². The van der Waals surface area contributed by atoms with Crippen LogP contribution < -0.4 is 0 Å². The van der Waals surface area contributed by atoms with Gasteiger partial charge in [0.15, 0.2) is 0 Å². The van der Waals surface area contributed by atoms with Gasteiger partial charge < -0.3 is 9.15 Å². The molecule has 1 aliphatic carbocycles. The van der Waals surface area contributed by atoms with Crippen LogP contribution in [0.2, 0.25) is 0 Å². The fourth-order valence-electron chi connectivity index (χ4n) is 4.57. The first-order valence-electron chi connectivity index (χ1n) is 10.9. The van der Waals surface area contributed by atoms with Crippen LogP contribution in [0.25, 0.3) is 11.5 Å². The maximum atomic E-state index is 12.4. The van der Waals surface area contributed by atoms with E-state index >= 15 is 0 Å². The van der Waals surface area contributed by atoms with E-state index in [1.807, 2.05) is 67.3 Å². The van der Waals surface area contributed by atoms with Gasteiger partial charge in [-0.05, 0) is 44.4 Å². The smallest absolute Gasteiger partial charge is 0.411 e. The van der Waals surface area contributed by atoms with Crippen molar-refractivity contribution in [2.45, 2.75) is 63.6 Å². The Balaban J connectivity index is 0.000000177. The predicted octanol–water partition coefficient (Wildman–Crippen LogP) is 6.03. The molecule has 2 aliphatic rings. The van der Waals surface area contributed by atoms with Crippen LogP contribution in [0.1, 0.15) is 57.6 Å². The van der Waals surface area contributed by atoms with Crippen molar-refractivity contribution in [1.82, 2.24) is 15.1 Å². The maximum absolute atomic E-state index is 12.4. The summed E-state index contributed by atoms with van der Waals surface area (Å²) >= 11 is 0. The Bertz CT molecular complexity index is 952. The van der Waals surface area contributed by atoms with Crippen molar-refractivity contribution in [1.29, 1.82) is 0 Å². The highest BCUT2D eigenvalue weighted by Crippen LogP contribution is 2.44. The third-order valence-electron chi connectivity index (χ3n) is 5.96. The Kier molecular flexibility index (Phi) is 6.35. The molecule has 2 heterocycles. The molecular formula is C25H29N3O3. The Morgan fingerprint density at radius 1 is 0.935 bits per heavy atom. The molecule has 1 unspecified atom stereocenters. The second kappa shape index (κ2) is 9.33. The summed E-state index contributed by atoms with van der Waals surface area (Å²) in [6.45, 7) is 4.04. The molecule has 0 spiro atoms. The molecule has 1 amide bonds. The van der Waals surface area contributed by atoms with Crippen LogP contribution in [0, 0.1) is 0 Å². The highest BCUT2D eigenvalue weighted by molar-refractivity contribution is 5.72. The number of ether oxygens (including phenoxy) is 1. The van der Waals surface area contributed by atoms with E-state index in [1.54, 1.807) is 0 Å². The lowest BCUT2D eigenvalue weighted by Crippen LogP contribution is -2.41. The van der Waals surface area contributed by atoms with Crippen LogP contribution in [0.15, 0.2) is 71.5 Å². The lowest BCUT2D eigenvalue weighted by Gasteiger charge is -2.36. The summed E-state index contributed by atoms with van der Waals surface area (Å²) in [6, 6.07) is 20.3. The Morgan fingerprint density at radius 3 is 2.19 bits per heavy atom. The lowest BCUT2D eigenvalue weighted by atomic mass is 9.87. The largest absolute Gasteiger partial charge is 0.441 e. The van der Waals surface area contributed by atoms with Crippen LogP contribution in [0.4, 0.5) is 4.79 Å². The van der Waals surface area contributed by atoms with Gasteiger partial charge in [0, 0.05) is 11.6 Å². The summed E-state index contributed by atoms with van der Waals surface area (Å²) in [5, 5.41) is 7.35. The van der Waals surface area contributed by atoms with Crippen molar-refractivity contribution in [2.24, 2.45) is 0 Å². The van der Waals surface area contributed by atoms with Crippen molar-refractivity contribution in [2.75, 3.05) is 0 Å². The second-order valence-corrected chi connectivity index (χ2v) is 8.59. The highest BCUT2D eigenvalue weighted by atomic mass is 16.6. The average Bonchev–Trinajstić information content (AvgIpc) is 3.41. The maximum Gasteiger partial charge on any atom is 0.411 e. The summed E-state index contributed by atoms with van der Waals surface area (Å²) in [4.78, 5) is 14.4. The van der Waals surface area contributed by atoms with Crippen LogP contribution in [0.3, 0.4) is 0 Å². The molecule has 31 heavy (non-hydrogen) atoms. The number of nitrogens with zero attached hydrogens (tertiary/aromatic N) is 3. The predicted molar refractivity (Wildman–Crippen MR) is 118 cm³/mol. The molecule has 0 radical (unpaired) electrons. The monoisotopic (exact) mass is 419 g/mol. The number of hydrogen-bond acceptors (Lipinski definition) is 5. The molecule has 1 aliphatic heterocycles. The van der Waals surface area contributed by atoms with Gasteiger partial charge in [-0.25, -0.2) is 4.79 Å². The standard InChI is InChI=1S/C17H23NO2.C8H6N2O/c1-17(2)15(13-9-5-3-6-10-13)18(16(19)20-17)14-11-7-4-8-12-14;1-2-4-7(5-3-1)8-10-9-6-11-8/h3,5-6,9-10,14-15H,4,7-8,11-12H2,1-2H3;1-6H. The van der Waals surface area contributed by atoms with E-state index in [0.717, 1.165) is 18.4 Å². The van der Waals surface area contributed by atoms with Gasteiger partial charge in [0.05, 0.1) is 6.04 Å². The van der Waals surface area contributed by atoms with Gasteiger partial charge in [0.2, 0.25) is 12.3 Å². The van der Waals surface area contributed by atoms with Gasteiger partial charge >= 0.3 is 6.09 Å². The van der Waals surface area contributed by atoms with Crippen molar-refractivity contribution >= 4 is 6.09 Å². The van der Waals surface area contributed by atoms with Crippen molar-refractivity contribution in [3.05, 3.63) is 72.6 Å². The van der Waals surface area contributed by atoms with E-state index in [0.29, 0.717) is 11.9 Å². The van der Waals surface area contributed by atoms with Crippen LogP contribution in [-0.4, -0.2) is 32.8 Å². The van der Waals surface area contributed by atoms with E-state index in [2.05, 4.69) is 22.3 Å². The topological polar surface area (TPSA) is 68.5 Å². The Hall–Kier alpha value is -3.15. The molecule has 3 aromatic rings. The van der Waals surface area contributed by atoms with Crippen molar-refractivity contribution in [3.63, 3.8) is 0 Å². The zero-order valence-electron chi connectivity index (χ0n) is 18.1. The molecule has 0 bridgehead atoms. The number of cyclic esters (lactones) is 1. The third-order valence-corrected chi connectivity index (χ3v) is 5.96. The summed E-state index contributed by atoms with van der Waals surface area (Å²) in [7, 11) is 0. The number of hydrogen-bond donors (Lipinski definition) is 0. The molecule has 1 saturated carbocycles. The van der Waals surface area contributed by atoms with Crippen molar-refractivity contribution in [3.8, 4) is 11.5 Å². The van der Waals surface area contributed by atoms with Gasteiger partial charge in [-0.1, -0.05) is 67.8 Å². The van der Waals surface area contributed by atoms with Gasteiger partial charge in [0.1, 0.15) is 5.60 Å². The molecule has 0 N–H and O–H groups in total. The molecule has 6 nitrogen and oxygen atoms in total. The molecule has 1 aromatic heterocycles. The number of rotatable bonds is 3. The lowest BCUT2D eigenvalue weighted by molar-refractivity contribution is 0.0665. The van der Waals surface area contributed by atoms with E-state index in [1.165, 1.54) is 31.2 Å². The average molecular weight is 420 g/mol. The number of benzene rings is 2. The SMILES string of the molecule is CC1(C)OC(=O)N(C2CCCCC2)C1c1ccccc1.c1ccc(-c2nnco2)cc1. The first kappa shape index (κ1) is 21.1. The Morgan fingerprint density at radius 2 is 1.58 bits per heavy atom. The minimum absolute atomic E-state index is 0.0271. The molecular weight excluding hydrogens is 390 g/mol. The molecule has 6 heteroatoms.